The number of fused-ring (bicyclic) bond motifs is 1. The standard InChI is InChI=1S/C15H19ClN4/c1-9(8-17-12-4-5-12)6-11-7-13-10(2)19-20(3)15(13)18-14(11)16/h6-7,12,17H,4-5,8H2,1-3H3. The third-order valence-corrected chi connectivity index (χ3v) is 3.93. The maximum Gasteiger partial charge on any atom is 0.159 e. The van der Waals surface area contributed by atoms with Gasteiger partial charge in [0.25, 0.3) is 0 Å². The van der Waals surface area contributed by atoms with Crippen molar-refractivity contribution in [1.82, 2.24) is 20.1 Å². The van der Waals surface area contributed by atoms with E-state index in [-0.39, 0.29) is 0 Å². The minimum Gasteiger partial charge on any atom is -0.310 e. The average molecular weight is 291 g/mol. The van der Waals surface area contributed by atoms with Crippen LogP contribution in [0.25, 0.3) is 17.1 Å². The van der Waals surface area contributed by atoms with Crippen molar-refractivity contribution in [2.45, 2.75) is 32.7 Å². The fourth-order valence-corrected chi connectivity index (χ4v) is 2.54. The molecule has 0 aromatic carbocycles. The SMILES string of the molecule is CC(=Cc1cc2c(C)nn(C)c2nc1Cl)CNC1CC1. The van der Waals surface area contributed by atoms with Gasteiger partial charge in [-0.3, -0.25) is 4.68 Å². The zero-order valence-corrected chi connectivity index (χ0v) is 12.8. The van der Waals surface area contributed by atoms with Gasteiger partial charge in [0.15, 0.2) is 5.65 Å². The summed E-state index contributed by atoms with van der Waals surface area (Å²) in [5.74, 6) is 0. The molecule has 106 valence electrons. The van der Waals surface area contributed by atoms with E-state index in [0.717, 1.165) is 34.9 Å². The molecule has 0 unspecified atom stereocenters. The molecule has 1 N–H and O–H groups in total. The summed E-state index contributed by atoms with van der Waals surface area (Å²) in [4.78, 5) is 4.46. The maximum absolute atomic E-state index is 6.29. The topological polar surface area (TPSA) is 42.7 Å². The zero-order valence-electron chi connectivity index (χ0n) is 12.1. The van der Waals surface area contributed by atoms with Crippen LogP contribution < -0.4 is 5.32 Å². The van der Waals surface area contributed by atoms with E-state index in [1.165, 1.54) is 18.4 Å². The number of hydrogen-bond donors (Lipinski definition) is 1. The molecule has 5 heteroatoms. The molecule has 1 aliphatic carbocycles. The predicted octanol–water partition coefficient (Wildman–Crippen LogP) is 3.09. The maximum atomic E-state index is 6.29. The predicted molar refractivity (Wildman–Crippen MR) is 82.9 cm³/mol. The smallest absolute Gasteiger partial charge is 0.159 e. The van der Waals surface area contributed by atoms with Crippen LogP contribution in [0.4, 0.5) is 0 Å². The molecule has 2 aromatic heterocycles. The fourth-order valence-electron chi connectivity index (χ4n) is 2.35. The Morgan fingerprint density at radius 3 is 3.00 bits per heavy atom. The largest absolute Gasteiger partial charge is 0.310 e. The lowest BCUT2D eigenvalue weighted by Gasteiger charge is -2.05. The number of hydrogen-bond acceptors (Lipinski definition) is 3. The monoisotopic (exact) mass is 290 g/mol. The molecule has 0 atom stereocenters. The number of aryl methyl sites for hydroxylation is 2. The van der Waals surface area contributed by atoms with Crippen molar-refractivity contribution in [2.24, 2.45) is 7.05 Å². The highest BCUT2D eigenvalue weighted by Crippen LogP contribution is 2.24. The second-order valence-electron chi connectivity index (χ2n) is 5.59. The molecule has 0 amide bonds. The van der Waals surface area contributed by atoms with E-state index >= 15 is 0 Å². The van der Waals surface area contributed by atoms with E-state index in [0.29, 0.717) is 5.15 Å². The molecule has 2 heterocycles. The van der Waals surface area contributed by atoms with Crippen molar-refractivity contribution in [3.8, 4) is 0 Å². The van der Waals surface area contributed by atoms with Gasteiger partial charge in [-0.25, -0.2) is 4.98 Å². The highest BCUT2D eigenvalue weighted by molar-refractivity contribution is 6.31. The van der Waals surface area contributed by atoms with Gasteiger partial charge in [-0.15, -0.1) is 0 Å². The lowest BCUT2D eigenvalue weighted by molar-refractivity contribution is 0.736. The van der Waals surface area contributed by atoms with Crippen LogP contribution in [0.15, 0.2) is 11.6 Å². The van der Waals surface area contributed by atoms with E-state index in [1.807, 2.05) is 14.0 Å². The van der Waals surface area contributed by atoms with Crippen LogP contribution in [0.3, 0.4) is 0 Å². The van der Waals surface area contributed by atoms with E-state index in [1.54, 1.807) is 4.68 Å². The highest BCUT2D eigenvalue weighted by atomic mass is 35.5. The van der Waals surface area contributed by atoms with E-state index in [4.69, 9.17) is 11.6 Å². The van der Waals surface area contributed by atoms with Gasteiger partial charge in [-0.1, -0.05) is 23.3 Å². The zero-order chi connectivity index (χ0) is 14.3. The molecule has 0 saturated heterocycles. The van der Waals surface area contributed by atoms with E-state index in [2.05, 4.69) is 34.5 Å². The summed E-state index contributed by atoms with van der Waals surface area (Å²) in [7, 11) is 1.89. The van der Waals surface area contributed by atoms with Crippen molar-refractivity contribution in [1.29, 1.82) is 0 Å². The van der Waals surface area contributed by atoms with Gasteiger partial charge in [0.2, 0.25) is 0 Å². The number of nitrogens with one attached hydrogen (secondary N) is 1. The van der Waals surface area contributed by atoms with Crippen molar-refractivity contribution < 1.29 is 0 Å². The first-order chi connectivity index (χ1) is 9.54. The normalized spacial score (nSPS) is 16.1. The summed E-state index contributed by atoms with van der Waals surface area (Å²) in [6, 6.07) is 2.79. The second-order valence-corrected chi connectivity index (χ2v) is 5.95. The van der Waals surface area contributed by atoms with Gasteiger partial charge in [-0.2, -0.15) is 5.10 Å². The van der Waals surface area contributed by atoms with Gasteiger partial charge in [-0.05, 0) is 32.8 Å². The van der Waals surface area contributed by atoms with Crippen molar-refractivity contribution in [3.63, 3.8) is 0 Å². The van der Waals surface area contributed by atoms with Gasteiger partial charge >= 0.3 is 0 Å². The summed E-state index contributed by atoms with van der Waals surface area (Å²) in [5, 5.41) is 9.48. The van der Waals surface area contributed by atoms with Crippen LogP contribution >= 0.6 is 11.6 Å². The second kappa shape index (κ2) is 5.19. The van der Waals surface area contributed by atoms with Crippen molar-refractivity contribution >= 4 is 28.7 Å². The van der Waals surface area contributed by atoms with Crippen LogP contribution in [0.1, 0.15) is 31.0 Å². The number of aromatic nitrogens is 3. The Labute approximate surface area is 123 Å². The number of nitrogens with zero attached hydrogens (tertiary/aromatic N) is 3. The summed E-state index contributed by atoms with van der Waals surface area (Å²) in [6.45, 7) is 5.02. The molecule has 0 radical (unpaired) electrons. The first-order valence-electron chi connectivity index (χ1n) is 6.95. The first-order valence-corrected chi connectivity index (χ1v) is 7.33. The molecule has 20 heavy (non-hydrogen) atoms. The Balaban J connectivity index is 1.91. The Bertz CT molecular complexity index is 683. The Morgan fingerprint density at radius 2 is 2.30 bits per heavy atom. The molecule has 3 rings (SSSR count). The van der Waals surface area contributed by atoms with Crippen LogP contribution in [0.5, 0.6) is 0 Å². The summed E-state index contributed by atoms with van der Waals surface area (Å²) < 4.78 is 1.77. The molecular weight excluding hydrogens is 272 g/mol. The van der Waals surface area contributed by atoms with Gasteiger partial charge in [0.05, 0.1) is 5.69 Å². The van der Waals surface area contributed by atoms with E-state index < -0.39 is 0 Å². The average Bonchev–Trinajstić information content (AvgIpc) is 3.18. The Kier molecular flexibility index (Phi) is 3.52. The van der Waals surface area contributed by atoms with E-state index in [9.17, 15) is 0 Å². The third-order valence-electron chi connectivity index (χ3n) is 3.63. The van der Waals surface area contributed by atoms with Gasteiger partial charge < -0.3 is 5.32 Å². The molecule has 0 bridgehead atoms. The minimum absolute atomic E-state index is 0.534. The molecule has 0 spiro atoms. The molecule has 2 aromatic rings. The molecule has 1 fully saturated rings. The lowest BCUT2D eigenvalue weighted by atomic mass is 10.1. The molecule has 0 aliphatic heterocycles. The van der Waals surface area contributed by atoms with Gasteiger partial charge in [0, 0.05) is 30.6 Å². The Morgan fingerprint density at radius 1 is 1.55 bits per heavy atom. The quantitative estimate of drug-likeness (QED) is 0.880. The molecular formula is C15H19ClN4. The lowest BCUT2D eigenvalue weighted by Crippen LogP contribution is -2.18. The first kappa shape index (κ1) is 13.6. The third kappa shape index (κ3) is 2.72. The van der Waals surface area contributed by atoms with Crippen LogP contribution in [0, 0.1) is 6.92 Å². The summed E-state index contributed by atoms with van der Waals surface area (Å²) >= 11 is 6.29. The van der Waals surface area contributed by atoms with Crippen LogP contribution in [0.2, 0.25) is 5.15 Å². The summed E-state index contributed by atoms with van der Waals surface area (Å²) in [6.07, 6.45) is 4.71. The number of pyridine rings is 1. The number of halogens is 1. The molecule has 1 saturated carbocycles. The highest BCUT2D eigenvalue weighted by Gasteiger charge is 2.19. The summed E-state index contributed by atoms with van der Waals surface area (Å²) in [5.41, 5.74) is 4.04. The van der Waals surface area contributed by atoms with Crippen molar-refractivity contribution in [2.75, 3.05) is 6.54 Å². The van der Waals surface area contributed by atoms with Crippen molar-refractivity contribution in [3.05, 3.63) is 28.0 Å². The Hall–Kier alpha value is -1.39. The van der Waals surface area contributed by atoms with Crippen LogP contribution in [-0.4, -0.2) is 27.4 Å². The number of rotatable bonds is 4. The molecule has 4 nitrogen and oxygen atoms in total. The molecule has 1 aliphatic rings. The van der Waals surface area contributed by atoms with Crippen LogP contribution in [-0.2, 0) is 7.05 Å². The fraction of sp³-hybridized carbons (Fsp3) is 0.467. The minimum atomic E-state index is 0.534. The van der Waals surface area contributed by atoms with Gasteiger partial charge in [0.1, 0.15) is 5.15 Å².